The Morgan fingerprint density at radius 2 is 1.97 bits per heavy atom. The van der Waals surface area contributed by atoms with Gasteiger partial charge in [0.2, 0.25) is 0 Å². The molecule has 8 heteroatoms. The number of hydrogen-bond donors (Lipinski definition) is 0. The van der Waals surface area contributed by atoms with Crippen molar-refractivity contribution in [3.8, 4) is 11.5 Å². The first-order chi connectivity index (χ1) is 14.9. The van der Waals surface area contributed by atoms with Gasteiger partial charge in [0.25, 0.3) is 5.91 Å². The lowest BCUT2D eigenvalue weighted by Crippen LogP contribution is -2.21. The van der Waals surface area contributed by atoms with Gasteiger partial charge in [-0.25, -0.2) is 0 Å². The van der Waals surface area contributed by atoms with Gasteiger partial charge in [-0.15, -0.1) is 0 Å². The molecule has 0 spiro atoms. The van der Waals surface area contributed by atoms with Crippen molar-refractivity contribution >= 4 is 63.5 Å². The fourth-order valence-electron chi connectivity index (χ4n) is 2.70. The van der Waals surface area contributed by atoms with Gasteiger partial charge in [0.1, 0.15) is 6.61 Å². The van der Waals surface area contributed by atoms with E-state index >= 15 is 0 Å². The van der Waals surface area contributed by atoms with Gasteiger partial charge in [-0.05, 0) is 48.9 Å². The Balaban J connectivity index is 1.81. The molecule has 3 rings (SSSR count). The minimum absolute atomic E-state index is 0.177. The molecule has 0 bridgehead atoms. The lowest BCUT2D eigenvalue weighted by atomic mass is 10.1. The SMILES string of the molecule is C=C/C=C/N1C(=O)/C(=C\c2ccc(OCc3ccc(Cl)cc3Cl)c(OCC)c2)SC1=S. The monoisotopic (exact) mass is 491 g/mol. The van der Waals surface area contributed by atoms with E-state index in [-0.39, 0.29) is 12.5 Å². The number of thiocarbonyl (C=S) groups is 1. The lowest BCUT2D eigenvalue weighted by molar-refractivity contribution is -0.120. The molecule has 0 atom stereocenters. The maximum absolute atomic E-state index is 12.6. The number of ether oxygens (including phenoxy) is 2. The van der Waals surface area contributed by atoms with Crippen LogP contribution in [0.1, 0.15) is 18.1 Å². The number of nitrogens with zero attached hydrogens (tertiary/aromatic N) is 1. The average molecular weight is 492 g/mol. The molecule has 31 heavy (non-hydrogen) atoms. The highest BCUT2D eigenvalue weighted by molar-refractivity contribution is 8.26. The van der Waals surface area contributed by atoms with Gasteiger partial charge < -0.3 is 9.47 Å². The third-order valence-corrected chi connectivity index (χ3v) is 6.08. The zero-order chi connectivity index (χ0) is 22.4. The van der Waals surface area contributed by atoms with Crippen LogP contribution in [0.4, 0.5) is 0 Å². The lowest BCUT2D eigenvalue weighted by Gasteiger charge is -2.13. The Morgan fingerprint density at radius 3 is 2.68 bits per heavy atom. The van der Waals surface area contributed by atoms with Crippen molar-refractivity contribution in [2.75, 3.05) is 6.61 Å². The van der Waals surface area contributed by atoms with Gasteiger partial charge >= 0.3 is 0 Å². The molecule has 4 nitrogen and oxygen atoms in total. The predicted octanol–water partition coefficient (Wildman–Crippen LogP) is 6.87. The molecule has 0 unspecified atom stereocenters. The molecule has 0 saturated carbocycles. The van der Waals surface area contributed by atoms with Crippen LogP contribution in [-0.4, -0.2) is 21.7 Å². The van der Waals surface area contributed by atoms with Crippen molar-refractivity contribution in [2.24, 2.45) is 0 Å². The quantitative estimate of drug-likeness (QED) is 0.228. The predicted molar refractivity (Wildman–Crippen MR) is 133 cm³/mol. The second-order valence-electron chi connectivity index (χ2n) is 6.29. The number of thioether (sulfide) groups is 1. The third kappa shape index (κ3) is 5.92. The number of carbonyl (C=O) groups excluding carboxylic acids is 1. The molecule has 0 N–H and O–H groups in total. The van der Waals surface area contributed by atoms with E-state index in [1.807, 2.05) is 25.1 Å². The molecular formula is C23H19Cl2NO3S2. The minimum Gasteiger partial charge on any atom is -0.490 e. The van der Waals surface area contributed by atoms with Crippen molar-refractivity contribution in [2.45, 2.75) is 13.5 Å². The molecule has 0 radical (unpaired) electrons. The van der Waals surface area contributed by atoms with Crippen LogP contribution in [0.2, 0.25) is 10.0 Å². The van der Waals surface area contributed by atoms with Gasteiger partial charge in [-0.3, -0.25) is 9.69 Å². The van der Waals surface area contributed by atoms with E-state index in [4.69, 9.17) is 44.9 Å². The van der Waals surface area contributed by atoms with Crippen LogP contribution >= 0.6 is 47.2 Å². The summed E-state index contributed by atoms with van der Waals surface area (Å²) in [6.45, 7) is 6.24. The summed E-state index contributed by atoms with van der Waals surface area (Å²) in [6, 6.07) is 10.7. The first-order valence-corrected chi connectivity index (χ1v) is 11.3. The number of rotatable bonds is 8. The topological polar surface area (TPSA) is 38.8 Å². The van der Waals surface area contributed by atoms with Gasteiger partial charge in [-0.1, -0.05) is 72.0 Å². The second kappa shape index (κ2) is 10.9. The van der Waals surface area contributed by atoms with E-state index < -0.39 is 0 Å². The normalized spacial score (nSPS) is 15.2. The highest BCUT2D eigenvalue weighted by Crippen LogP contribution is 2.35. The number of amides is 1. The Kier molecular flexibility index (Phi) is 8.21. The fourth-order valence-corrected chi connectivity index (χ4v) is 4.39. The number of halogens is 2. The van der Waals surface area contributed by atoms with Gasteiger partial charge in [-0.2, -0.15) is 0 Å². The fraction of sp³-hybridized carbons (Fsp3) is 0.130. The number of allylic oxidation sites excluding steroid dienone is 2. The van der Waals surface area contributed by atoms with Crippen molar-refractivity contribution in [3.05, 3.63) is 87.4 Å². The molecule has 1 aliphatic heterocycles. The second-order valence-corrected chi connectivity index (χ2v) is 8.81. The van der Waals surface area contributed by atoms with Crippen LogP contribution in [0.25, 0.3) is 6.08 Å². The zero-order valence-electron chi connectivity index (χ0n) is 16.6. The summed E-state index contributed by atoms with van der Waals surface area (Å²) in [5, 5.41) is 1.10. The van der Waals surface area contributed by atoms with Crippen molar-refractivity contribution in [1.29, 1.82) is 0 Å². The van der Waals surface area contributed by atoms with E-state index in [1.54, 1.807) is 42.6 Å². The summed E-state index contributed by atoms with van der Waals surface area (Å²) in [7, 11) is 0. The highest BCUT2D eigenvalue weighted by Gasteiger charge is 2.30. The summed E-state index contributed by atoms with van der Waals surface area (Å²) >= 11 is 18.7. The van der Waals surface area contributed by atoms with Crippen LogP contribution in [0.3, 0.4) is 0 Å². The number of carbonyl (C=O) groups is 1. The van der Waals surface area contributed by atoms with E-state index in [0.29, 0.717) is 37.4 Å². The van der Waals surface area contributed by atoms with E-state index in [1.165, 1.54) is 16.7 Å². The Bertz CT molecular complexity index is 1080. The maximum Gasteiger partial charge on any atom is 0.270 e. The Hall–Kier alpha value is -2.25. The molecule has 1 saturated heterocycles. The third-order valence-electron chi connectivity index (χ3n) is 4.16. The Morgan fingerprint density at radius 1 is 1.16 bits per heavy atom. The van der Waals surface area contributed by atoms with Crippen LogP contribution < -0.4 is 9.47 Å². The van der Waals surface area contributed by atoms with Crippen molar-refractivity contribution < 1.29 is 14.3 Å². The molecule has 0 aromatic heterocycles. The first kappa shape index (κ1) is 23.4. The smallest absolute Gasteiger partial charge is 0.270 e. The highest BCUT2D eigenvalue weighted by atomic mass is 35.5. The van der Waals surface area contributed by atoms with Crippen LogP contribution in [-0.2, 0) is 11.4 Å². The van der Waals surface area contributed by atoms with Gasteiger partial charge in [0.15, 0.2) is 15.8 Å². The number of hydrogen-bond acceptors (Lipinski definition) is 5. The summed E-state index contributed by atoms with van der Waals surface area (Å²) < 4.78 is 12.1. The summed E-state index contributed by atoms with van der Waals surface area (Å²) in [5.41, 5.74) is 1.61. The molecule has 160 valence electrons. The van der Waals surface area contributed by atoms with Crippen molar-refractivity contribution in [3.63, 3.8) is 0 Å². The molecule has 1 fully saturated rings. The number of benzene rings is 2. The van der Waals surface area contributed by atoms with Crippen LogP contribution in [0.15, 0.2) is 66.2 Å². The molecule has 1 amide bonds. The molecule has 2 aromatic rings. The zero-order valence-corrected chi connectivity index (χ0v) is 19.8. The Labute approximate surface area is 201 Å². The molecule has 2 aromatic carbocycles. The average Bonchev–Trinajstić information content (AvgIpc) is 2.99. The molecule has 0 aliphatic carbocycles. The van der Waals surface area contributed by atoms with E-state index in [9.17, 15) is 4.79 Å². The summed E-state index contributed by atoms with van der Waals surface area (Å²) in [4.78, 5) is 14.6. The summed E-state index contributed by atoms with van der Waals surface area (Å²) in [6.07, 6.45) is 6.64. The first-order valence-electron chi connectivity index (χ1n) is 9.32. The van der Waals surface area contributed by atoms with Crippen molar-refractivity contribution in [1.82, 2.24) is 4.90 Å². The van der Waals surface area contributed by atoms with Gasteiger partial charge in [0.05, 0.1) is 11.5 Å². The van der Waals surface area contributed by atoms with E-state index in [0.717, 1.165) is 11.1 Å². The largest absolute Gasteiger partial charge is 0.490 e. The van der Waals surface area contributed by atoms with Gasteiger partial charge in [0, 0.05) is 21.8 Å². The van der Waals surface area contributed by atoms with Crippen LogP contribution in [0, 0.1) is 0 Å². The maximum atomic E-state index is 12.6. The standard InChI is InChI=1S/C23H19Cl2NO3S2/c1-3-5-10-26-22(27)21(31-23(26)30)12-15-6-9-19(20(11-15)28-4-2)29-14-16-7-8-17(24)13-18(16)25/h3,5-13H,1,4,14H2,2H3/b10-5+,21-12+. The molecule has 1 heterocycles. The molecular weight excluding hydrogens is 473 g/mol. The van der Waals surface area contributed by atoms with Crippen LogP contribution in [0.5, 0.6) is 11.5 Å². The molecule has 1 aliphatic rings. The van der Waals surface area contributed by atoms with E-state index in [2.05, 4.69) is 6.58 Å². The minimum atomic E-state index is -0.177. The summed E-state index contributed by atoms with van der Waals surface area (Å²) in [5.74, 6) is 0.971.